The molecular weight excluding hydrogens is 468 g/mol. The number of rotatable bonds is 10. The molecule has 2 aromatic rings. The van der Waals surface area contributed by atoms with E-state index in [9.17, 15) is 18.0 Å². The van der Waals surface area contributed by atoms with Crippen molar-refractivity contribution in [3.8, 4) is 0 Å². The quantitative estimate of drug-likeness (QED) is 0.496. The third kappa shape index (κ3) is 6.22. The molecule has 194 valence electrons. The van der Waals surface area contributed by atoms with Crippen molar-refractivity contribution >= 4 is 32.9 Å². The topological polar surface area (TPSA) is 111 Å². The average Bonchev–Trinajstić information content (AvgIpc) is 3.14. The second-order valence-electron chi connectivity index (χ2n) is 9.43. The fraction of sp³-hybridized carbons (Fsp3) is 0.640. The van der Waals surface area contributed by atoms with Crippen LogP contribution in [0.4, 0.5) is 0 Å². The lowest BCUT2D eigenvalue weighted by Gasteiger charge is -2.34. The van der Waals surface area contributed by atoms with E-state index in [2.05, 4.69) is 24.1 Å². The van der Waals surface area contributed by atoms with E-state index in [0.29, 0.717) is 42.7 Å². The van der Waals surface area contributed by atoms with Crippen LogP contribution in [-0.2, 0) is 37.8 Å². The SMILES string of the molecule is CCN(CC)S(=O)(=O)c1ccc2c(c1)nc(CCC(=O)OCC(=O)N[C@H]1CCC[C@@H](C)[C@@H]1C)n2C. The first-order valence-electron chi connectivity index (χ1n) is 12.5. The van der Waals surface area contributed by atoms with Crippen LogP contribution in [0, 0.1) is 11.8 Å². The average molecular weight is 507 g/mol. The minimum atomic E-state index is -3.58. The Morgan fingerprint density at radius 3 is 2.60 bits per heavy atom. The zero-order valence-corrected chi connectivity index (χ0v) is 22.2. The van der Waals surface area contributed by atoms with Crippen molar-refractivity contribution in [1.82, 2.24) is 19.2 Å². The first-order chi connectivity index (χ1) is 16.6. The molecule has 0 unspecified atom stereocenters. The predicted molar refractivity (Wildman–Crippen MR) is 134 cm³/mol. The normalized spacial score (nSPS) is 20.8. The van der Waals surface area contributed by atoms with Gasteiger partial charge in [-0.25, -0.2) is 13.4 Å². The maximum atomic E-state index is 12.8. The number of benzene rings is 1. The first-order valence-corrected chi connectivity index (χ1v) is 13.9. The fourth-order valence-corrected chi connectivity index (χ4v) is 6.27. The van der Waals surface area contributed by atoms with Gasteiger partial charge in [-0.3, -0.25) is 9.59 Å². The molecule has 0 aliphatic heterocycles. The number of nitrogens with one attached hydrogen (secondary N) is 1. The van der Waals surface area contributed by atoms with E-state index in [1.165, 1.54) is 10.7 Å². The standard InChI is InChI=1S/C25H38N4O5S/c1-6-29(7-2)35(32,33)19-11-12-22-21(15-19)26-23(28(22)5)13-14-25(31)34-16-24(30)27-20-10-8-9-17(3)18(20)4/h11-12,15,17-18,20H,6-10,13-14,16H2,1-5H3,(H,27,30)/t17-,18+,20+/m1/s1. The van der Waals surface area contributed by atoms with Gasteiger partial charge in [0, 0.05) is 32.6 Å². The van der Waals surface area contributed by atoms with Crippen molar-refractivity contribution in [1.29, 1.82) is 0 Å². The number of carbonyl (C=O) groups is 2. The number of ether oxygens (including phenoxy) is 1. The zero-order valence-electron chi connectivity index (χ0n) is 21.4. The molecule has 0 bridgehead atoms. The molecule has 1 heterocycles. The Bertz CT molecular complexity index is 1160. The van der Waals surface area contributed by atoms with Crippen LogP contribution in [0.5, 0.6) is 0 Å². The lowest BCUT2D eigenvalue weighted by atomic mass is 9.78. The summed E-state index contributed by atoms with van der Waals surface area (Å²) < 4.78 is 34.1. The number of aromatic nitrogens is 2. The van der Waals surface area contributed by atoms with E-state index in [0.717, 1.165) is 18.4 Å². The number of amides is 1. The zero-order chi connectivity index (χ0) is 25.8. The molecule has 1 N–H and O–H groups in total. The van der Waals surface area contributed by atoms with Gasteiger partial charge in [-0.05, 0) is 36.5 Å². The van der Waals surface area contributed by atoms with Gasteiger partial charge in [-0.2, -0.15) is 4.31 Å². The van der Waals surface area contributed by atoms with Crippen LogP contribution in [0.3, 0.4) is 0 Å². The van der Waals surface area contributed by atoms with Gasteiger partial charge in [0.15, 0.2) is 6.61 Å². The molecule has 35 heavy (non-hydrogen) atoms. The number of nitrogens with zero attached hydrogens (tertiary/aromatic N) is 3. The lowest BCUT2D eigenvalue weighted by Crippen LogP contribution is -2.45. The molecule has 1 aliphatic carbocycles. The molecule has 0 radical (unpaired) electrons. The molecule has 1 amide bonds. The number of esters is 1. The third-order valence-electron chi connectivity index (χ3n) is 7.26. The van der Waals surface area contributed by atoms with Crippen LogP contribution in [0.2, 0.25) is 0 Å². The number of fused-ring (bicyclic) bond motifs is 1. The van der Waals surface area contributed by atoms with Crippen LogP contribution in [-0.4, -0.2) is 59.9 Å². The lowest BCUT2D eigenvalue weighted by molar-refractivity contribution is -0.148. The monoisotopic (exact) mass is 506 g/mol. The smallest absolute Gasteiger partial charge is 0.306 e. The highest BCUT2D eigenvalue weighted by Gasteiger charge is 2.28. The van der Waals surface area contributed by atoms with Crippen LogP contribution in [0.15, 0.2) is 23.1 Å². The van der Waals surface area contributed by atoms with Crippen molar-refractivity contribution < 1.29 is 22.7 Å². The summed E-state index contributed by atoms with van der Waals surface area (Å²) in [6, 6.07) is 5.02. The molecule has 1 aromatic heterocycles. The Labute approximate surface area is 208 Å². The molecular formula is C25H38N4O5S. The largest absolute Gasteiger partial charge is 0.456 e. The van der Waals surface area contributed by atoms with Crippen molar-refractivity contribution in [3.63, 3.8) is 0 Å². The van der Waals surface area contributed by atoms with Crippen molar-refractivity contribution in [2.45, 2.75) is 70.7 Å². The summed E-state index contributed by atoms with van der Waals surface area (Å²) in [6.45, 7) is 8.46. The van der Waals surface area contributed by atoms with Gasteiger partial charge in [0.1, 0.15) is 5.82 Å². The van der Waals surface area contributed by atoms with Crippen LogP contribution < -0.4 is 5.32 Å². The minimum Gasteiger partial charge on any atom is -0.456 e. The Kier molecular flexibility index (Phi) is 8.93. The van der Waals surface area contributed by atoms with E-state index < -0.39 is 16.0 Å². The van der Waals surface area contributed by atoms with E-state index in [4.69, 9.17) is 4.74 Å². The van der Waals surface area contributed by atoms with E-state index in [1.807, 2.05) is 11.6 Å². The summed E-state index contributed by atoms with van der Waals surface area (Å²) >= 11 is 0. The second kappa shape index (κ2) is 11.5. The maximum absolute atomic E-state index is 12.8. The maximum Gasteiger partial charge on any atom is 0.306 e. The molecule has 3 atom stereocenters. The number of hydrogen-bond acceptors (Lipinski definition) is 6. The van der Waals surface area contributed by atoms with E-state index >= 15 is 0 Å². The summed E-state index contributed by atoms with van der Waals surface area (Å²) in [6.07, 6.45) is 3.62. The summed E-state index contributed by atoms with van der Waals surface area (Å²) in [5, 5.41) is 3.00. The molecule has 3 rings (SSSR count). The fourth-order valence-electron chi connectivity index (χ4n) is 4.79. The van der Waals surface area contributed by atoms with E-state index in [1.54, 1.807) is 32.0 Å². The highest BCUT2D eigenvalue weighted by atomic mass is 32.2. The van der Waals surface area contributed by atoms with Crippen molar-refractivity contribution in [2.75, 3.05) is 19.7 Å². The number of hydrogen-bond donors (Lipinski definition) is 1. The highest BCUT2D eigenvalue weighted by Crippen LogP contribution is 2.29. The van der Waals surface area contributed by atoms with Crippen LogP contribution >= 0.6 is 0 Å². The summed E-state index contributed by atoms with van der Waals surface area (Å²) in [4.78, 5) is 29.3. The van der Waals surface area contributed by atoms with Gasteiger partial charge < -0.3 is 14.6 Å². The van der Waals surface area contributed by atoms with Gasteiger partial charge in [0.2, 0.25) is 10.0 Å². The molecule has 1 aliphatic rings. The molecule has 0 spiro atoms. The first kappa shape index (κ1) is 27.1. The van der Waals surface area contributed by atoms with Gasteiger partial charge in [0.05, 0.1) is 22.3 Å². The summed E-state index contributed by atoms with van der Waals surface area (Å²) in [5.74, 6) is 0.877. The Morgan fingerprint density at radius 2 is 1.91 bits per heavy atom. The van der Waals surface area contributed by atoms with Gasteiger partial charge in [0.25, 0.3) is 5.91 Å². The molecule has 10 heteroatoms. The molecule has 1 fully saturated rings. The van der Waals surface area contributed by atoms with Crippen molar-refractivity contribution in [2.24, 2.45) is 18.9 Å². The van der Waals surface area contributed by atoms with Gasteiger partial charge in [-0.1, -0.05) is 40.5 Å². The van der Waals surface area contributed by atoms with Gasteiger partial charge >= 0.3 is 5.97 Å². The summed E-state index contributed by atoms with van der Waals surface area (Å²) in [5.41, 5.74) is 1.33. The number of imidazole rings is 1. The molecule has 1 saturated carbocycles. The Balaban J connectivity index is 1.57. The molecule has 9 nitrogen and oxygen atoms in total. The Hall–Kier alpha value is -2.46. The minimum absolute atomic E-state index is 0.0753. The highest BCUT2D eigenvalue weighted by molar-refractivity contribution is 7.89. The van der Waals surface area contributed by atoms with Crippen LogP contribution in [0.1, 0.15) is 59.2 Å². The molecule has 1 aromatic carbocycles. The second-order valence-corrected chi connectivity index (χ2v) is 11.4. The van der Waals surface area contributed by atoms with Crippen LogP contribution in [0.25, 0.3) is 11.0 Å². The van der Waals surface area contributed by atoms with E-state index in [-0.39, 0.29) is 29.9 Å². The molecule has 0 saturated heterocycles. The predicted octanol–water partition coefficient (Wildman–Crippen LogP) is 3.02. The van der Waals surface area contributed by atoms with Crippen molar-refractivity contribution in [3.05, 3.63) is 24.0 Å². The number of sulfonamides is 1. The van der Waals surface area contributed by atoms with Gasteiger partial charge in [-0.15, -0.1) is 0 Å². The Morgan fingerprint density at radius 1 is 1.20 bits per heavy atom. The summed E-state index contributed by atoms with van der Waals surface area (Å²) in [7, 11) is -1.76. The number of carbonyl (C=O) groups excluding carboxylic acids is 2. The number of aryl methyl sites for hydroxylation is 2. The third-order valence-corrected chi connectivity index (χ3v) is 9.30.